The maximum absolute atomic E-state index is 12.1. The van der Waals surface area contributed by atoms with Crippen LogP contribution in [0.2, 0.25) is 0 Å². The molecule has 0 aliphatic heterocycles. The zero-order chi connectivity index (χ0) is 18.9. The normalized spacial score (nSPS) is 10.2. The Labute approximate surface area is 157 Å². The standard InChI is InChI=1S/C21H20N2O4/c24-20(13-12-18-7-4-14-26-18)22-23-21(25)17-8-10-19(11-9-17)27-15-16-5-2-1-3-6-16/h1-11,14H,12-13,15H2,(H,22,24)(H,23,25). The molecule has 0 fully saturated rings. The van der Waals surface area contributed by atoms with Gasteiger partial charge >= 0.3 is 0 Å². The minimum absolute atomic E-state index is 0.222. The van der Waals surface area contributed by atoms with E-state index in [1.165, 1.54) is 0 Å². The minimum atomic E-state index is -0.393. The molecule has 1 heterocycles. The molecule has 0 saturated carbocycles. The van der Waals surface area contributed by atoms with Gasteiger partial charge in [0.1, 0.15) is 18.1 Å². The third kappa shape index (κ3) is 5.74. The number of rotatable bonds is 7. The van der Waals surface area contributed by atoms with Gasteiger partial charge in [0.25, 0.3) is 5.91 Å². The fourth-order valence-corrected chi connectivity index (χ4v) is 2.40. The van der Waals surface area contributed by atoms with E-state index < -0.39 is 5.91 Å². The van der Waals surface area contributed by atoms with Crippen molar-refractivity contribution in [2.75, 3.05) is 0 Å². The first kappa shape index (κ1) is 18.3. The number of nitrogens with one attached hydrogen (secondary N) is 2. The molecular weight excluding hydrogens is 344 g/mol. The Morgan fingerprint density at radius 2 is 1.67 bits per heavy atom. The largest absolute Gasteiger partial charge is 0.489 e. The Morgan fingerprint density at radius 1 is 0.889 bits per heavy atom. The molecule has 0 spiro atoms. The van der Waals surface area contributed by atoms with Crippen molar-refractivity contribution in [3.8, 4) is 5.75 Å². The van der Waals surface area contributed by atoms with Crippen molar-refractivity contribution < 1.29 is 18.7 Å². The van der Waals surface area contributed by atoms with Crippen LogP contribution in [0.1, 0.15) is 28.1 Å². The number of hydrogen-bond acceptors (Lipinski definition) is 4. The van der Waals surface area contributed by atoms with E-state index in [4.69, 9.17) is 9.15 Å². The Morgan fingerprint density at radius 3 is 2.37 bits per heavy atom. The van der Waals surface area contributed by atoms with E-state index in [1.54, 1.807) is 42.7 Å². The van der Waals surface area contributed by atoms with Crippen molar-refractivity contribution in [3.63, 3.8) is 0 Å². The van der Waals surface area contributed by atoms with Crippen LogP contribution in [0, 0.1) is 0 Å². The molecule has 3 aromatic rings. The van der Waals surface area contributed by atoms with Crippen LogP contribution in [0.4, 0.5) is 0 Å². The molecule has 2 amide bonds. The van der Waals surface area contributed by atoms with Crippen molar-refractivity contribution in [1.29, 1.82) is 0 Å². The van der Waals surface area contributed by atoms with Gasteiger partial charge in [-0.05, 0) is 42.0 Å². The molecule has 0 aliphatic carbocycles. The van der Waals surface area contributed by atoms with Crippen LogP contribution in [-0.4, -0.2) is 11.8 Å². The molecule has 6 heteroatoms. The van der Waals surface area contributed by atoms with Gasteiger partial charge in [0.15, 0.2) is 0 Å². The van der Waals surface area contributed by atoms with E-state index in [1.807, 2.05) is 30.3 Å². The molecule has 2 N–H and O–H groups in total. The smallest absolute Gasteiger partial charge is 0.269 e. The van der Waals surface area contributed by atoms with Gasteiger partial charge in [-0.1, -0.05) is 30.3 Å². The summed E-state index contributed by atoms with van der Waals surface area (Å²) in [6, 6.07) is 20.1. The van der Waals surface area contributed by atoms with Crippen LogP contribution in [0.3, 0.4) is 0 Å². The van der Waals surface area contributed by atoms with Gasteiger partial charge in [0.05, 0.1) is 6.26 Å². The topological polar surface area (TPSA) is 80.6 Å². The molecule has 1 aromatic heterocycles. The monoisotopic (exact) mass is 364 g/mol. The molecule has 0 aliphatic rings. The lowest BCUT2D eigenvalue weighted by atomic mass is 10.2. The van der Waals surface area contributed by atoms with Gasteiger partial charge in [-0.3, -0.25) is 20.4 Å². The third-order valence-electron chi connectivity index (χ3n) is 3.86. The Hall–Kier alpha value is -3.54. The number of carbonyl (C=O) groups is 2. The summed E-state index contributed by atoms with van der Waals surface area (Å²) < 4.78 is 10.8. The molecule has 0 atom stereocenters. The molecule has 2 aromatic carbocycles. The van der Waals surface area contributed by atoms with E-state index in [-0.39, 0.29) is 12.3 Å². The minimum Gasteiger partial charge on any atom is -0.489 e. The third-order valence-corrected chi connectivity index (χ3v) is 3.86. The number of hydrogen-bond donors (Lipinski definition) is 2. The van der Waals surface area contributed by atoms with Crippen molar-refractivity contribution >= 4 is 11.8 Å². The van der Waals surface area contributed by atoms with Crippen LogP contribution in [0.15, 0.2) is 77.4 Å². The molecule has 3 rings (SSSR count). The summed E-state index contributed by atoms with van der Waals surface area (Å²) >= 11 is 0. The average molecular weight is 364 g/mol. The summed E-state index contributed by atoms with van der Waals surface area (Å²) in [7, 11) is 0. The molecule has 0 bridgehead atoms. The predicted molar refractivity (Wildman–Crippen MR) is 99.9 cm³/mol. The second-order valence-electron chi connectivity index (χ2n) is 5.88. The maximum Gasteiger partial charge on any atom is 0.269 e. The fourth-order valence-electron chi connectivity index (χ4n) is 2.40. The van der Waals surface area contributed by atoms with Gasteiger partial charge in [-0.15, -0.1) is 0 Å². The van der Waals surface area contributed by atoms with Crippen LogP contribution in [0.5, 0.6) is 5.75 Å². The molecule has 0 unspecified atom stereocenters. The first-order valence-electron chi connectivity index (χ1n) is 8.59. The van der Waals surface area contributed by atoms with Crippen LogP contribution in [0.25, 0.3) is 0 Å². The molecular formula is C21H20N2O4. The Balaban J connectivity index is 1.42. The summed E-state index contributed by atoms with van der Waals surface area (Å²) in [5, 5.41) is 0. The van der Waals surface area contributed by atoms with E-state index in [9.17, 15) is 9.59 Å². The summed E-state index contributed by atoms with van der Waals surface area (Å²) in [6.45, 7) is 0.456. The van der Waals surface area contributed by atoms with E-state index in [0.717, 1.165) is 11.3 Å². The van der Waals surface area contributed by atoms with Crippen molar-refractivity contribution in [3.05, 3.63) is 89.9 Å². The number of amides is 2. The first-order valence-corrected chi connectivity index (χ1v) is 8.59. The quantitative estimate of drug-likeness (QED) is 0.631. The summed E-state index contributed by atoms with van der Waals surface area (Å²) in [6.07, 6.45) is 2.25. The van der Waals surface area contributed by atoms with Gasteiger partial charge in [-0.2, -0.15) is 0 Å². The predicted octanol–water partition coefficient (Wildman–Crippen LogP) is 3.25. The molecule has 0 saturated heterocycles. The Bertz CT molecular complexity index is 859. The van der Waals surface area contributed by atoms with Gasteiger partial charge < -0.3 is 9.15 Å². The van der Waals surface area contributed by atoms with E-state index in [0.29, 0.717) is 24.3 Å². The zero-order valence-corrected chi connectivity index (χ0v) is 14.7. The summed E-state index contributed by atoms with van der Waals surface area (Å²) in [5.41, 5.74) is 6.28. The second-order valence-corrected chi connectivity index (χ2v) is 5.88. The average Bonchev–Trinajstić information content (AvgIpc) is 3.24. The van der Waals surface area contributed by atoms with Crippen molar-refractivity contribution in [1.82, 2.24) is 10.9 Å². The highest BCUT2D eigenvalue weighted by molar-refractivity contribution is 5.95. The summed E-state index contributed by atoms with van der Waals surface area (Å²) in [5.74, 6) is 0.707. The molecule has 6 nitrogen and oxygen atoms in total. The SMILES string of the molecule is O=C(CCc1ccco1)NNC(=O)c1ccc(OCc2ccccc2)cc1. The van der Waals surface area contributed by atoms with E-state index in [2.05, 4.69) is 10.9 Å². The highest BCUT2D eigenvalue weighted by atomic mass is 16.5. The Kier molecular flexibility index (Phi) is 6.25. The maximum atomic E-state index is 12.1. The molecule has 27 heavy (non-hydrogen) atoms. The van der Waals surface area contributed by atoms with E-state index >= 15 is 0 Å². The van der Waals surface area contributed by atoms with Gasteiger partial charge in [0, 0.05) is 18.4 Å². The second kappa shape index (κ2) is 9.24. The number of carbonyl (C=O) groups excluding carboxylic acids is 2. The zero-order valence-electron chi connectivity index (χ0n) is 14.7. The highest BCUT2D eigenvalue weighted by Crippen LogP contribution is 2.14. The van der Waals surface area contributed by atoms with Gasteiger partial charge in [0.2, 0.25) is 5.91 Å². The molecule has 138 valence electrons. The van der Waals surface area contributed by atoms with Crippen molar-refractivity contribution in [2.45, 2.75) is 19.4 Å². The number of benzene rings is 2. The number of aryl methyl sites for hydroxylation is 1. The number of furan rings is 1. The van der Waals surface area contributed by atoms with Crippen molar-refractivity contribution in [2.24, 2.45) is 0 Å². The highest BCUT2D eigenvalue weighted by Gasteiger charge is 2.08. The fraction of sp³-hybridized carbons (Fsp3) is 0.143. The first-order chi connectivity index (χ1) is 13.2. The number of ether oxygens (including phenoxy) is 1. The summed E-state index contributed by atoms with van der Waals surface area (Å²) in [4.78, 5) is 23.8. The van der Waals surface area contributed by atoms with Crippen LogP contribution in [-0.2, 0) is 17.8 Å². The number of hydrazine groups is 1. The van der Waals surface area contributed by atoms with Gasteiger partial charge in [-0.25, -0.2) is 0 Å². The lowest BCUT2D eigenvalue weighted by Crippen LogP contribution is -2.41. The van der Waals surface area contributed by atoms with Crippen LogP contribution < -0.4 is 15.6 Å². The lowest BCUT2D eigenvalue weighted by molar-refractivity contribution is -0.121. The molecule has 0 radical (unpaired) electrons. The lowest BCUT2D eigenvalue weighted by Gasteiger charge is -2.09. The van der Waals surface area contributed by atoms with Crippen LogP contribution >= 0.6 is 0 Å².